The lowest BCUT2D eigenvalue weighted by molar-refractivity contribution is 0.0274. The maximum absolute atomic E-state index is 12.8. The van der Waals surface area contributed by atoms with Gasteiger partial charge in [0, 0.05) is 0 Å². The molecule has 1 aliphatic heterocycles. The van der Waals surface area contributed by atoms with Gasteiger partial charge in [-0.2, -0.15) is 0 Å². The third kappa shape index (κ3) is 2.76. The van der Waals surface area contributed by atoms with Crippen LogP contribution in [0, 0.1) is 5.82 Å². The van der Waals surface area contributed by atoms with Crippen molar-refractivity contribution in [3.8, 4) is 0 Å². The molecule has 0 spiro atoms. The molecule has 1 heterocycles. The highest BCUT2D eigenvalue weighted by Crippen LogP contribution is 2.45. The van der Waals surface area contributed by atoms with E-state index in [1.54, 1.807) is 23.9 Å². The van der Waals surface area contributed by atoms with E-state index >= 15 is 0 Å². The van der Waals surface area contributed by atoms with E-state index in [1.807, 2.05) is 13.8 Å². The summed E-state index contributed by atoms with van der Waals surface area (Å²) >= 11 is 1.55. The molecule has 2 rings (SSSR count). The van der Waals surface area contributed by atoms with Crippen molar-refractivity contribution < 1.29 is 19.0 Å². The van der Waals surface area contributed by atoms with E-state index in [4.69, 9.17) is 9.84 Å². The van der Waals surface area contributed by atoms with Gasteiger partial charge in [0.05, 0.1) is 10.1 Å². The Morgan fingerprint density at radius 2 is 2.06 bits per heavy atom. The third-order valence-corrected chi connectivity index (χ3v) is 4.21. The number of halogens is 1. The maximum Gasteiger partial charge on any atom is 0.507 e. The Morgan fingerprint density at radius 3 is 2.61 bits per heavy atom. The number of ether oxygens (including phenoxy) is 1. The molecule has 98 valence electrons. The second-order valence-electron chi connectivity index (χ2n) is 4.58. The summed E-state index contributed by atoms with van der Waals surface area (Å²) in [5.41, 5.74) is 0.894. The summed E-state index contributed by atoms with van der Waals surface area (Å²) in [5.74, 6) is -0.292. The summed E-state index contributed by atoms with van der Waals surface area (Å²) in [6.45, 7) is 3.81. The molecule has 0 saturated carbocycles. The molecule has 2 atom stereocenters. The minimum atomic E-state index is -1.30. The smallest absolute Gasteiger partial charge is 0.450 e. The van der Waals surface area contributed by atoms with Gasteiger partial charge in [0.2, 0.25) is 0 Å². The Balaban J connectivity index is 2.14. The van der Waals surface area contributed by atoms with Crippen LogP contribution >= 0.6 is 11.8 Å². The molecule has 0 radical (unpaired) electrons. The van der Waals surface area contributed by atoms with Gasteiger partial charge in [0.25, 0.3) is 0 Å². The molecule has 1 aromatic rings. The zero-order chi connectivity index (χ0) is 13.3. The number of carbonyl (C=O) groups is 1. The Morgan fingerprint density at radius 1 is 1.44 bits per heavy atom. The second-order valence-corrected chi connectivity index (χ2v) is 6.34. The molecule has 1 unspecified atom stereocenters. The summed E-state index contributed by atoms with van der Waals surface area (Å²) in [6, 6.07) is 6.13. The van der Waals surface area contributed by atoms with Crippen molar-refractivity contribution in [1.82, 2.24) is 5.32 Å². The van der Waals surface area contributed by atoms with Crippen molar-refractivity contribution in [2.45, 2.75) is 30.2 Å². The van der Waals surface area contributed by atoms with Crippen molar-refractivity contribution in [1.29, 1.82) is 0 Å². The maximum atomic E-state index is 12.8. The lowest BCUT2D eigenvalue weighted by Crippen LogP contribution is -2.40. The Labute approximate surface area is 109 Å². The summed E-state index contributed by atoms with van der Waals surface area (Å²) in [4.78, 5) is 10.6. The number of carboxylic acid groups (broad SMARTS) is 1. The lowest BCUT2D eigenvalue weighted by Gasteiger charge is -2.23. The molecule has 1 aromatic carbocycles. The van der Waals surface area contributed by atoms with Crippen LogP contribution in [-0.2, 0) is 4.74 Å². The molecule has 4 nitrogen and oxygen atoms in total. The number of rotatable bonds is 2. The number of thioether (sulfide) groups is 1. The first-order valence-electron chi connectivity index (χ1n) is 5.47. The minimum absolute atomic E-state index is 0.107. The molecule has 0 aromatic heterocycles. The SMILES string of the molecule is CC1(C)SC(c2ccc(F)cc2)N[C@H]1OC(=O)O. The molecule has 6 heteroatoms. The van der Waals surface area contributed by atoms with Crippen LogP contribution in [0.1, 0.15) is 24.8 Å². The van der Waals surface area contributed by atoms with E-state index in [9.17, 15) is 9.18 Å². The van der Waals surface area contributed by atoms with E-state index in [-0.39, 0.29) is 15.9 Å². The number of hydrogen-bond acceptors (Lipinski definition) is 4. The van der Waals surface area contributed by atoms with Crippen molar-refractivity contribution in [3.63, 3.8) is 0 Å². The van der Waals surface area contributed by atoms with Crippen molar-refractivity contribution >= 4 is 17.9 Å². The van der Waals surface area contributed by atoms with Crippen LogP contribution in [0.4, 0.5) is 9.18 Å². The average Bonchev–Trinajstić information content (AvgIpc) is 2.54. The van der Waals surface area contributed by atoms with E-state index in [2.05, 4.69) is 5.32 Å². The molecule has 1 fully saturated rings. The van der Waals surface area contributed by atoms with Gasteiger partial charge in [0.15, 0.2) is 6.23 Å². The zero-order valence-corrected chi connectivity index (χ0v) is 10.8. The van der Waals surface area contributed by atoms with Gasteiger partial charge in [-0.3, -0.25) is 5.32 Å². The Hall–Kier alpha value is -1.27. The molecule has 0 bridgehead atoms. The van der Waals surface area contributed by atoms with E-state index in [1.165, 1.54) is 12.1 Å². The number of benzene rings is 1. The van der Waals surface area contributed by atoms with Crippen LogP contribution in [0.15, 0.2) is 24.3 Å². The molecule has 18 heavy (non-hydrogen) atoms. The van der Waals surface area contributed by atoms with Crippen LogP contribution in [-0.4, -0.2) is 22.2 Å². The van der Waals surface area contributed by atoms with Gasteiger partial charge in [-0.25, -0.2) is 9.18 Å². The molecular weight excluding hydrogens is 257 g/mol. The van der Waals surface area contributed by atoms with Gasteiger partial charge in [-0.05, 0) is 31.5 Å². The summed E-state index contributed by atoms with van der Waals surface area (Å²) in [5, 5.41) is 11.7. The quantitative estimate of drug-likeness (QED) is 0.810. The first kappa shape index (κ1) is 13.2. The van der Waals surface area contributed by atoms with Crippen LogP contribution in [0.2, 0.25) is 0 Å². The first-order chi connectivity index (χ1) is 8.38. The number of hydrogen-bond donors (Lipinski definition) is 2. The normalized spacial score (nSPS) is 25.9. The molecule has 1 aliphatic rings. The molecule has 0 aliphatic carbocycles. The summed E-state index contributed by atoms with van der Waals surface area (Å²) in [6.07, 6.45) is -1.89. The number of nitrogens with one attached hydrogen (secondary N) is 1. The monoisotopic (exact) mass is 271 g/mol. The van der Waals surface area contributed by atoms with Crippen LogP contribution in [0.25, 0.3) is 0 Å². The van der Waals surface area contributed by atoms with Gasteiger partial charge in [0.1, 0.15) is 5.82 Å². The summed E-state index contributed by atoms with van der Waals surface area (Å²) in [7, 11) is 0. The van der Waals surface area contributed by atoms with Gasteiger partial charge in [-0.1, -0.05) is 12.1 Å². The fourth-order valence-corrected chi connectivity index (χ4v) is 3.15. The first-order valence-corrected chi connectivity index (χ1v) is 6.35. The predicted molar refractivity (Wildman–Crippen MR) is 66.8 cm³/mol. The van der Waals surface area contributed by atoms with Crippen LogP contribution < -0.4 is 5.32 Å². The largest absolute Gasteiger partial charge is 0.507 e. The van der Waals surface area contributed by atoms with E-state index in [0.29, 0.717) is 0 Å². The van der Waals surface area contributed by atoms with E-state index < -0.39 is 12.4 Å². The highest BCUT2D eigenvalue weighted by Gasteiger charge is 2.44. The standard InChI is InChI=1S/C12H14FNO3S/c1-12(2)10(17-11(15)16)14-9(18-12)7-3-5-8(13)6-4-7/h3-6,9-10,14H,1-2H3,(H,15,16)/t9?,10-/m0/s1. The topological polar surface area (TPSA) is 58.6 Å². The van der Waals surface area contributed by atoms with Crippen molar-refractivity contribution in [3.05, 3.63) is 35.6 Å². The Kier molecular flexibility index (Phi) is 3.49. The van der Waals surface area contributed by atoms with Crippen LogP contribution in [0.5, 0.6) is 0 Å². The van der Waals surface area contributed by atoms with Gasteiger partial charge in [-0.15, -0.1) is 11.8 Å². The minimum Gasteiger partial charge on any atom is -0.450 e. The van der Waals surface area contributed by atoms with E-state index in [0.717, 1.165) is 5.56 Å². The zero-order valence-electron chi connectivity index (χ0n) is 10.0. The highest BCUT2D eigenvalue weighted by atomic mass is 32.2. The summed E-state index contributed by atoms with van der Waals surface area (Å²) < 4.78 is 17.3. The lowest BCUT2D eigenvalue weighted by atomic mass is 10.1. The van der Waals surface area contributed by atoms with Crippen LogP contribution in [0.3, 0.4) is 0 Å². The molecular formula is C12H14FNO3S. The molecule has 0 amide bonds. The van der Waals surface area contributed by atoms with Gasteiger partial charge >= 0.3 is 6.16 Å². The predicted octanol–water partition coefficient (Wildman–Crippen LogP) is 2.96. The van der Waals surface area contributed by atoms with Gasteiger partial charge < -0.3 is 9.84 Å². The fraction of sp³-hybridized carbons (Fsp3) is 0.417. The molecule has 1 saturated heterocycles. The van der Waals surface area contributed by atoms with Crippen molar-refractivity contribution in [2.24, 2.45) is 0 Å². The second kappa shape index (κ2) is 4.78. The third-order valence-electron chi connectivity index (χ3n) is 2.75. The fourth-order valence-electron chi connectivity index (χ4n) is 1.82. The molecule has 2 N–H and O–H groups in total. The van der Waals surface area contributed by atoms with Crippen molar-refractivity contribution in [2.75, 3.05) is 0 Å². The highest BCUT2D eigenvalue weighted by molar-refractivity contribution is 8.01. The average molecular weight is 271 g/mol. The Bertz CT molecular complexity index is 449.